The van der Waals surface area contributed by atoms with Gasteiger partial charge in [0.2, 0.25) is 0 Å². The van der Waals surface area contributed by atoms with E-state index in [0.29, 0.717) is 17.0 Å². The Labute approximate surface area is 126 Å². The number of carbonyl (C=O) groups excluding carboxylic acids is 1. The summed E-state index contributed by atoms with van der Waals surface area (Å²) in [5.74, 6) is 0.168. The summed E-state index contributed by atoms with van der Waals surface area (Å²) in [6, 6.07) is 4.38. The summed E-state index contributed by atoms with van der Waals surface area (Å²) in [6.45, 7) is 5.80. The monoisotopic (exact) mass is 376 g/mol. The van der Waals surface area contributed by atoms with E-state index in [-0.39, 0.29) is 17.6 Å². The molecule has 1 N–H and O–H groups in total. The third-order valence-corrected chi connectivity index (χ3v) is 3.90. The van der Waals surface area contributed by atoms with Crippen LogP contribution in [0.3, 0.4) is 0 Å². The lowest BCUT2D eigenvalue weighted by Gasteiger charge is -2.20. The van der Waals surface area contributed by atoms with Crippen molar-refractivity contribution in [3.63, 3.8) is 0 Å². The average Bonchev–Trinajstić information content (AvgIpc) is 2.34. The van der Waals surface area contributed by atoms with Crippen molar-refractivity contribution < 1.29 is 9.72 Å². The van der Waals surface area contributed by atoms with E-state index in [1.807, 2.05) is 13.8 Å². The first kappa shape index (κ1) is 15.9. The molecule has 0 aromatic heterocycles. The van der Waals surface area contributed by atoms with Crippen LogP contribution in [0.15, 0.2) is 18.2 Å². The minimum atomic E-state index is -0.462. The zero-order valence-corrected chi connectivity index (χ0v) is 13.3. The molecule has 0 saturated heterocycles. The molecule has 0 heterocycles. The molecule has 104 valence electrons. The lowest BCUT2D eigenvalue weighted by molar-refractivity contribution is -0.384. The molecule has 1 atom stereocenters. The van der Waals surface area contributed by atoms with Gasteiger partial charge in [-0.05, 0) is 24.5 Å². The molecule has 1 unspecified atom stereocenters. The first-order valence-corrected chi connectivity index (χ1v) is 7.51. The third kappa shape index (κ3) is 4.15. The molecule has 0 aliphatic heterocycles. The van der Waals surface area contributed by atoms with E-state index in [4.69, 9.17) is 0 Å². The van der Waals surface area contributed by atoms with E-state index in [1.54, 1.807) is 6.92 Å². The molecule has 0 spiro atoms. The number of non-ortho nitro benzene ring substituents is 1. The number of aryl methyl sites for hydroxylation is 1. The van der Waals surface area contributed by atoms with Gasteiger partial charge in [-0.25, -0.2) is 0 Å². The SMILES string of the molecule is Cc1cc([N+](=O)[O-])ccc1C(=O)NC(CI)C(C)C. The van der Waals surface area contributed by atoms with Gasteiger partial charge in [-0.15, -0.1) is 0 Å². The van der Waals surface area contributed by atoms with Gasteiger partial charge in [0, 0.05) is 28.2 Å². The van der Waals surface area contributed by atoms with Crippen molar-refractivity contribution in [3.05, 3.63) is 39.4 Å². The van der Waals surface area contributed by atoms with Crippen molar-refractivity contribution in [1.29, 1.82) is 0 Å². The van der Waals surface area contributed by atoms with Gasteiger partial charge in [0.1, 0.15) is 0 Å². The fourth-order valence-electron chi connectivity index (χ4n) is 1.65. The molecule has 0 saturated carbocycles. The van der Waals surface area contributed by atoms with Crippen LogP contribution in [-0.2, 0) is 0 Å². The average molecular weight is 376 g/mol. The Hall–Kier alpha value is -1.18. The predicted octanol–water partition coefficient (Wildman–Crippen LogP) is 3.09. The van der Waals surface area contributed by atoms with Crippen LogP contribution in [0, 0.1) is 23.0 Å². The molecule has 19 heavy (non-hydrogen) atoms. The fraction of sp³-hybridized carbons (Fsp3) is 0.462. The number of halogens is 1. The number of carbonyl (C=O) groups is 1. The second kappa shape index (κ2) is 6.83. The number of hydrogen-bond donors (Lipinski definition) is 1. The van der Waals surface area contributed by atoms with Gasteiger partial charge in [0.15, 0.2) is 0 Å². The summed E-state index contributed by atoms with van der Waals surface area (Å²) in [7, 11) is 0. The van der Waals surface area contributed by atoms with Gasteiger partial charge in [-0.1, -0.05) is 36.4 Å². The van der Waals surface area contributed by atoms with Crippen LogP contribution in [0.25, 0.3) is 0 Å². The molecule has 1 aromatic rings. The number of nitro benzene ring substituents is 1. The van der Waals surface area contributed by atoms with Crippen molar-refractivity contribution in [2.45, 2.75) is 26.8 Å². The zero-order valence-electron chi connectivity index (χ0n) is 11.1. The second-order valence-corrected chi connectivity index (χ2v) is 5.62. The van der Waals surface area contributed by atoms with Gasteiger partial charge >= 0.3 is 0 Å². The van der Waals surface area contributed by atoms with Crippen molar-refractivity contribution in [2.75, 3.05) is 4.43 Å². The maximum absolute atomic E-state index is 12.1. The van der Waals surface area contributed by atoms with E-state index in [2.05, 4.69) is 27.9 Å². The molecule has 0 aliphatic rings. The summed E-state index contributed by atoms with van der Waals surface area (Å²) in [6.07, 6.45) is 0. The normalized spacial score (nSPS) is 12.3. The first-order chi connectivity index (χ1) is 8.86. The number of hydrogen-bond acceptors (Lipinski definition) is 3. The number of nitrogens with zero attached hydrogens (tertiary/aromatic N) is 1. The third-order valence-electron chi connectivity index (χ3n) is 2.95. The molecule has 6 heteroatoms. The lowest BCUT2D eigenvalue weighted by atomic mass is 10.0. The van der Waals surface area contributed by atoms with Crippen molar-refractivity contribution in [3.8, 4) is 0 Å². The first-order valence-electron chi connectivity index (χ1n) is 5.98. The zero-order chi connectivity index (χ0) is 14.6. The van der Waals surface area contributed by atoms with Crippen LogP contribution >= 0.6 is 22.6 Å². The van der Waals surface area contributed by atoms with Gasteiger partial charge < -0.3 is 5.32 Å². The number of alkyl halides is 1. The number of rotatable bonds is 5. The highest BCUT2D eigenvalue weighted by atomic mass is 127. The molecule has 0 aliphatic carbocycles. The number of benzene rings is 1. The number of nitro groups is 1. The van der Waals surface area contributed by atoms with Crippen LogP contribution < -0.4 is 5.32 Å². The maximum Gasteiger partial charge on any atom is 0.269 e. The van der Waals surface area contributed by atoms with Gasteiger partial charge in [0.05, 0.1) is 4.92 Å². The largest absolute Gasteiger partial charge is 0.348 e. The fourth-order valence-corrected chi connectivity index (χ4v) is 2.88. The van der Waals surface area contributed by atoms with Crippen LogP contribution in [-0.4, -0.2) is 21.3 Å². The Balaban J connectivity index is 2.91. The second-order valence-electron chi connectivity index (χ2n) is 4.73. The Kier molecular flexibility index (Phi) is 5.71. The highest BCUT2D eigenvalue weighted by Gasteiger charge is 2.18. The summed E-state index contributed by atoms with van der Waals surface area (Å²) in [5.41, 5.74) is 1.10. The maximum atomic E-state index is 12.1. The molecular weight excluding hydrogens is 359 g/mol. The van der Waals surface area contributed by atoms with Crippen LogP contribution in [0.5, 0.6) is 0 Å². The van der Waals surface area contributed by atoms with E-state index in [0.717, 1.165) is 4.43 Å². The molecule has 0 fully saturated rings. The molecule has 1 amide bonds. The summed E-state index contributed by atoms with van der Waals surface area (Å²) in [4.78, 5) is 22.3. The molecule has 5 nitrogen and oxygen atoms in total. The van der Waals surface area contributed by atoms with E-state index >= 15 is 0 Å². The van der Waals surface area contributed by atoms with Crippen molar-refractivity contribution >= 4 is 34.2 Å². The van der Waals surface area contributed by atoms with Gasteiger partial charge in [-0.3, -0.25) is 14.9 Å². The van der Waals surface area contributed by atoms with E-state index in [9.17, 15) is 14.9 Å². The Morgan fingerprint density at radius 1 is 1.47 bits per heavy atom. The van der Waals surface area contributed by atoms with Crippen molar-refractivity contribution in [2.24, 2.45) is 5.92 Å². The smallest absolute Gasteiger partial charge is 0.269 e. The highest BCUT2D eigenvalue weighted by molar-refractivity contribution is 14.1. The van der Waals surface area contributed by atoms with E-state index < -0.39 is 4.92 Å². The minimum Gasteiger partial charge on any atom is -0.348 e. The molecule has 1 aromatic carbocycles. The Bertz CT molecular complexity index is 489. The number of nitrogens with one attached hydrogen (secondary N) is 1. The lowest BCUT2D eigenvalue weighted by Crippen LogP contribution is -2.39. The molecule has 1 rings (SSSR count). The highest BCUT2D eigenvalue weighted by Crippen LogP contribution is 2.17. The molecule has 0 radical (unpaired) electrons. The van der Waals surface area contributed by atoms with Crippen LogP contribution in [0.1, 0.15) is 29.8 Å². The van der Waals surface area contributed by atoms with Crippen molar-refractivity contribution in [1.82, 2.24) is 5.32 Å². The van der Waals surface area contributed by atoms with E-state index in [1.165, 1.54) is 18.2 Å². The topological polar surface area (TPSA) is 72.2 Å². The van der Waals surface area contributed by atoms with Crippen LogP contribution in [0.4, 0.5) is 5.69 Å². The summed E-state index contributed by atoms with van der Waals surface area (Å²) < 4.78 is 0.827. The summed E-state index contributed by atoms with van der Waals surface area (Å²) in [5, 5.41) is 13.6. The predicted molar refractivity (Wildman–Crippen MR) is 82.8 cm³/mol. The minimum absolute atomic E-state index is 0.00310. The molecular formula is C13H17IN2O3. The standard InChI is InChI=1S/C13H17IN2O3/c1-8(2)12(7-14)15-13(17)11-5-4-10(16(18)19)6-9(11)3/h4-6,8,12H,7H2,1-3H3,(H,15,17). The molecule has 0 bridgehead atoms. The number of amides is 1. The van der Waals surface area contributed by atoms with Gasteiger partial charge in [-0.2, -0.15) is 0 Å². The van der Waals surface area contributed by atoms with Gasteiger partial charge in [0.25, 0.3) is 11.6 Å². The van der Waals surface area contributed by atoms with Crippen LogP contribution in [0.2, 0.25) is 0 Å². The Morgan fingerprint density at radius 3 is 2.53 bits per heavy atom. The summed E-state index contributed by atoms with van der Waals surface area (Å²) >= 11 is 2.24. The quantitative estimate of drug-likeness (QED) is 0.372. The Morgan fingerprint density at radius 2 is 2.11 bits per heavy atom.